The van der Waals surface area contributed by atoms with Crippen molar-refractivity contribution in [2.45, 2.75) is 19.4 Å². The van der Waals surface area contributed by atoms with Gasteiger partial charge in [0.15, 0.2) is 17.4 Å². The van der Waals surface area contributed by atoms with E-state index < -0.39 is 0 Å². The summed E-state index contributed by atoms with van der Waals surface area (Å²) in [5.41, 5.74) is 7.98. The molecule has 0 radical (unpaired) electrons. The number of nitriles is 1. The lowest BCUT2D eigenvalue weighted by Crippen LogP contribution is -2.25. The normalized spacial score (nSPS) is 13.8. The Morgan fingerprint density at radius 3 is 2.19 bits per heavy atom. The number of nitrogens with zero attached hydrogens (tertiary/aromatic N) is 3. The van der Waals surface area contributed by atoms with Crippen molar-refractivity contribution in [2.75, 3.05) is 27.3 Å². The number of aliphatic imine (C=N–C) groups is 1. The Morgan fingerprint density at radius 2 is 1.57 bits per heavy atom. The van der Waals surface area contributed by atoms with Gasteiger partial charge in [-0.3, -0.25) is 4.90 Å². The third kappa shape index (κ3) is 5.45. The van der Waals surface area contributed by atoms with Crippen molar-refractivity contribution < 1.29 is 14.6 Å². The van der Waals surface area contributed by atoms with Crippen LogP contribution in [0.25, 0.3) is 10.9 Å². The molecular formula is C35H32N4O3. The van der Waals surface area contributed by atoms with Crippen LogP contribution in [0.15, 0.2) is 89.9 Å². The van der Waals surface area contributed by atoms with Gasteiger partial charge >= 0.3 is 0 Å². The first-order valence-corrected chi connectivity index (χ1v) is 14.0. The Morgan fingerprint density at radius 1 is 0.905 bits per heavy atom. The second kappa shape index (κ2) is 11.8. The number of hydrogen-bond donors (Lipinski definition) is 2. The van der Waals surface area contributed by atoms with Crippen LogP contribution in [0.2, 0.25) is 0 Å². The number of methoxy groups -OCH3 is 2. The third-order valence-corrected chi connectivity index (χ3v) is 7.88. The van der Waals surface area contributed by atoms with E-state index in [1.807, 2.05) is 48.5 Å². The number of rotatable bonds is 7. The molecule has 0 atom stereocenters. The molecule has 0 spiro atoms. The summed E-state index contributed by atoms with van der Waals surface area (Å²) in [6.45, 7) is 2.77. The number of aromatic amines is 1. The SMILES string of the molecule is COc1cc2c(cc1OC)CCN(Cc1ccc(N=C(c3ccccc3)c3c(O)[nH]c4ccc(C#N)cc34)cc1)CC2. The maximum Gasteiger partial charge on any atom is 0.199 e. The largest absolute Gasteiger partial charge is 0.494 e. The zero-order chi connectivity index (χ0) is 29.1. The summed E-state index contributed by atoms with van der Waals surface area (Å²) in [7, 11) is 3.36. The number of fused-ring (bicyclic) bond motifs is 2. The lowest BCUT2D eigenvalue weighted by Gasteiger charge is -2.19. The van der Waals surface area contributed by atoms with Gasteiger partial charge in [-0.05, 0) is 72.0 Å². The number of benzene rings is 4. The smallest absolute Gasteiger partial charge is 0.199 e. The van der Waals surface area contributed by atoms with Crippen LogP contribution < -0.4 is 9.47 Å². The molecule has 2 N–H and O–H groups in total. The summed E-state index contributed by atoms with van der Waals surface area (Å²) in [5.74, 6) is 1.58. The number of ether oxygens (including phenoxy) is 2. The standard InChI is InChI=1S/C35H32N4O3/c1-41-31-19-26-14-16-39(17-15-27(26)20-32(31)42-2)22-23-8-11-28(12-9-23)37-34(25-6-4-3-5-7-25)33-29-18-24(21-36)10-13-30(29)38-35(33)40/h3-13,18-20,38,40H,14-17,22H2,1-2H3. The van der Waals surface area contributed by atoms with Gasteiger partial charge in [-0.15, -0.1) is 0 Å². The van der Waals surface area contributed by atoms with Crippen molar-refractivity contribution in [1.82, 2.24) is 9.88 Å². The first-order chi connectivity index (χ1) is 20.6. The van der Waals surface area contributed by atoms with Gasteiger partial charge in [-0.1, -0.05) is 42.5 Å². The van der Waals surface area contributed by atoms with E-state index in [2.05, 4.69) is 40.2 Å². The Labute approximate surface area is 245 Å². The number of H-pyrrole nitrogens is 1. The van der Waals surface area contributed by atoms with Crippen LogP contribution in [0.3, 0.4) is 0 Å². The van der Waals surface area contributed by atoms with Crippen molar-refractivity contribution >= 4 is 22.3 Å². The fourth-order valence-corrected chi connectivity index (χ4v) is 5.67. The predicted octanol–water partition coefficient (Wildman–Crippen LogP) is 6.53. The number of hydrogen-bond acceptors (Lipinski definition) is 6. The summed E-state index contributed by atoms with van der Waals surface area (Å²) in [5, 5.41) is 21.2. The molecule has 1 aliphatic rings. The van der Waals surface area contributed by atoms with Crippen molar-refractivity contribution in [3.63, 3.8) is 0 Å². The van der Waals surface area contributed by atoms with E-state index in [-0.39, 0.29) is 5.88 Å². The number of nitrogens with one attached hydrogen (secondary N) is 1. The van der Waals surface area contributed by atoms with Gasteiger partial charge in [0.05, 0.1) is 42.8 Å². The van der Waals surface area contributed by atoms with Gasteiger partial charge in [-0.25, -0.2) is 4.99 Å². The summed E-state index contributed by atoms with van der Waals surface area (Å²) in [4.78, 5) is 10.5. The minimum absolute atomic E-state index is 0.0247. The quantitative estimate of drug-likeness (QED) is 0.222. The molecule has 7 nitrogen and oxygen atoms in total. The van der Waals surface area contributed by atoms with Crippen LogP contribution in [0.1, 0.15) is 33.4 Å². The van der Waals surface area contributed by atoms with E-state index in [9.17, 15) is 10.4 Å². The number of aromatic hydroxyl groups is 1. The monoisotopic (exact) mass is 556 g/mol. The first kappa shape index (κ1) is 27.1. The summed E-state index contributed by atoms with van der Waals surface area (Å²) < 4.78 is 11.0. The molecule has 0 saturated carbocycles. The van der Waals surface area contributed by atoms with Gasteiger partial charge in [0.25, 0.3) is 0 Å². The Balaban J connectivity index is 1.26. The second-order valence-corrected chi connectivity index (χ2v) is 10.5. The highest BCUT2D eigenvalue weighted by molar-refractivity contribution is 6.22. The van der Waals surface area contributed by atoms with Gasteiger partial charge in [0, 0.05) is 36.1 Å². The van der Waals surface area contributed by atoms with Crippen LogP contribution in [0, 0.1) is 11.3 Å². The molecule has 1 aromatic heterocycles. The fourth-order valence-electron chi connectivity index (χ4n) is 5.67. The molecule has 0 unspecified atom stereocenters. The second-order valence-electron chi connectivity index (χ2n) is 10.5. The summed E-state index contributed by atoms with van der Waals surface area (Å²) in [6, 6.07) is 29.8. The molecular weight excluding hydrogens is 524 g/mol. The Bertz CT molecular complexity index is 1770. The summed E-state index contributed by atoms with van der Waals surface area (Å²) in [6.07, 6.45) is 1.92. The molecule has 0 aliphatic carbocycles. The van der Waals surface area contributed by atoms with Crippen LogP contribution in [-0.2, 0) is 19.4 Å². The highest BCUT2D eigenvalue weighted by atomic mass is 16.5. The van der Waals surface area contributed by atoms with Crippen molar-refractivity contribution in [2.24, 2.45) is 4.99 Å². The minimum Gasteiger partial charge on any atom is -0.494 e. The van der Waals surface area contributed by atoms with E-state index in [1.165, 1.54) is 16.7 Å². The molecule has 4 aromatic carbocycles. The average molecular weight is 557 g/mol. The van der Waals surface area contributed by atoms with E-state index in [0.717, 1.165) is 66.1 Å². The molecule has 0 fully saturated rings. The van der Waals surface area contributed by atoms with Crippen molar-refractivity contribution in [3.8, 4) is 23.4 Å². The van der Waals surface area contributed by atoms with Crippen LogP contribution in [0.4, 0.5) is 5.69 Å². The van der Waals surface area contributed by atoms with E-state index in [0.29, 0.717) is 16.8 Å². The van der Waals surface area contributed by atoms with E-state index >= 15 is 0 Å². The molecule has 5 aromatic rings. The van der Waals surface area contributed by atoms with Gasteiger partial charge in [-0.2, -0.15) is 5.26 Å². The third-order valence-electron chi connectivity index (χ3n) is 7.88. The molecule has 0 saturated heterocycles. The molecule has 6 rings (SSSR count). The average Bonchev–Trinajstić information content (AvgIpc) is 3.23. The van der Waals surface area contributed by atoms with E-state index in [4.69, 9.17) is 14.5 Å². The summed E-state index contributed by atoms with van der Waals surface area (Å²) >= 11 is 0. The van der Waals surface area contributed by atoms with Crippen molar-refractivity contribution in [1.29, 1.82) is 5.26 Å². The van der Waals surface area contributed by atoms with Gasteiger partial charge < -0.3 is 19.6 Å². The highest BCUT2D eigenvalue weighted by Gasteiger charge is 2.20. The maximum atomic E-state index is 10.9. The maximum absolute atomic E-state index is 10.9. The minimum atomic E-state index is 0.0247. The topological polar surface area (TPSA) is 93.9 Å². The molecule has 42 heavy (non-hydrogen) atoms. The zero-order valence-corrected chi connectivity index (χ0v) is 23.7. The molecule has 1 aliphatic heterocycles. The molecule has 7 heteroatoms. The Kier molecular flexibility index (Phi) is 7.63. The highest BCUT2D eigenvalue weighted by Crippen LogP contribution is 2.34. The molecule has 0 bridgehead atoms. The van der Waals surface area contributed by atoms with Crippen LogP contribution in [-0.4, -0.2) is 48.0 Å². The van der Waals surface area contributed by atoms with Crippen LogP contribution in [0.5, 0.6) is 17.4 Å². The van der Waals surface area contributed by atoms with Crippen LogP contribution >= 0.6 is 0 Å². The fraction of sp³-hybridized carbons (Fsp3) is 0.200. The van der Waals surface area contributed by atoms with Crippen molar-refractivity contribution in [3.05, 3.63) is 118 Å². The molecule has 0 amide bonds. The van der Waals surface area contributed by atoms with Gasteiger partial charge in [0.2, 0.25) is 0 Å². The van der Waals surface area contributed by atoms with Gasteiger partial charge in [0.1, 0.15) is 0 Å². The number of aromatic nitrogens is 1. The predicted molar refractivity (Wildman–Crippen MR) is 165 cm³/mol. The van der Waals surface area contributed by atoms with E-state index in [1.54, 1.807) is 26.4 Å². The lowest BCUT2D eigenvalue weighted by molar-refractivity contribution is 0.279. The first-order valence-electron chi connectivity index (χ1n) is 14.0. The molecule has 210 valence electrons. The lowest BCUT2D eigenvalue weighted by atomic mass is 10.00. The Hall–Kier alpha value is -5.06. The molecule has 2 heterocycles. The zero-order valence-electron chi connectivity index (χ0n) is 23.7.